The molecule has 21 heavy (non-hydrogen) atoms. The molecule has 1 aliphatic rings. The summed E-state index contributed by atoms with van der Waals surface area (Å²) >= 11 is 11.7. The zero-order valence-electron chi connectivity index (χ0n) is 11.0. The molecule has 2 heterocycles. The average Bonchev–Trinajstić information content (AvgIpc) is 3.17. The van der Waals surface area contributed by atoms with Crippen LogP contribution in [0.15, 0.2) is 29.0 Å². The van der Waals surface area contributed by atoms with Gasteiger partial charge in [0.05, 0.1) is 11.2 Å². The van der Waals surface area contributed by atoms with Gasteiger partial charge >= 0.3 is 0 Å². The number of ether oxygens (including phenoxy) is 1. The van der Waals surface area contributed by atoms with E-state index in [0.29, 0.717) is 5.89 Å². The van der Waals surface area contributed by atoms with Crippen molar-refractivity contribution in [3.63, 3.8) is 0 Å². The van der Waals surface area contributed by atoms with Crippen LogP contribution >= 0.6 is 23.2 Å². The second-order valence-corrected chi connectivity index (χ2v) is 5.62. The molecular formula is C14H13Cl2FN2O2. The Bertz CT molecular complexity index is 616. The fourth-order valence-corrected chi connectivity index (χ4v) is 2.81. The molecule has 0 bridgehead atoms. The van der Waals surface area contributed by atoms with Crippen molar-refractivity contribution in [2.45, 2.75) is 12.5 Å². The second-order valence-electron chi connectivity index (χ2n) is 4.84. The largest absolute Gasteiger partial charge is 0.479 e. The van der Waals surface area contributed by atoms with E-state index in [-0.39, 0.29) is 21.7 Å². The summed E-state index contributed by atoms with van der Waals surface area (Å²) in [5, 5.41) is 3.08. The molecule has 0 spiro atoms. The molecule has 0 amide bonds. The van der Waals surface area contributed by atoms with Crippen molar-refractivity contribution in [2.75, 3.05) is 13.1 Å². The molecule has 2 atom stereocenters. The molecule has 0 saturated carbocycles. The summed E-state index contributed by atoms with van der Waals surface area (Å²) in [7, 11) is 0. The molecule has 4 nitrogen and oxygen atoms in total. The third-order valence-electron chi connectivity index (χ3n) is 3.48. The lowest BCUT2D eigenvalue weighted by Crippen LogP contribution is -2.22. The number of halogens is 3. The topological polar surface area (TPSA) is 47.3 Å². The van der Waals surface area contributed by atoms with Gasteiger partial charge in [0.25, 0.3) is 0 Å². The van der Waals surface area contributed by atoms with Crippen molar-refractivity contribution in [3.05, 3.63) is 46.3 Å². The molecule has 1 aromatic heterocycles. The van der Waals surface area contributed by atoms with Crippen LogP contribution in [0.1, 0.15) is 18.4 Å². The van der Waals surface area contributed by atoms with E-state index in [9.17, 15) is 4.39 Å². The molecule has 1 saturated heterocycles. The maximum atomic E-state index is 13.8. The second kappa shape index (κ2) is 6.22. The number of nitrogens with one attached hydrogen (secondary N) is 1. The van der Waals surface area contributed by atoms with Gasteiger partial charge in [-0.3, -0.25) is 0 Å². The van der Waals surface area contributed by atoms with Crippen LogP contribution in [-0.4, -0.2) is 18.1 Å². The lowest BCUT2D eigenvalue weighted by Gasteiger charge is -2.22. The van der Waals surface area contributed by atoms with E-state index < -0.39 is 11.9 Å². The molecule has 7 heteroatoms. The maximum Gasteiger partial charge on any atom is 0.235 e. The van der Waals surface area contributed by atoms with Gasteiger partial charge in [0.15, 0.2) is 11.9 Å². The number of hydrogen-bond donors (Lipinski definition) is 1. The number of hydrogen-bond acceptors (Lipinski definition) is 4. The summed E-state index contributed by atoms with van der Waals surface area (Å²) in [6, 6.07) is 2.96. The van der Waals surface area contributed by atoms with Crippen LogP contribution in [-0.2, 0) is 0 Å². The molecule has 112 valence electrons. The molecule has 1 unspecified atom stereocenters. The molecule has 0 aliphatic carbocycles. The molecular weight excluding hydrogens is 318 g/mol. The number of benzene rings is 1. The summed E-state index contributed by atoms with van der Waals surface area (Å²) in [6.45, 7) is 1.68. The Hall–Kier alpha value is -1.30. The monoisotopic (exact) mass is 330 g/mol. The van der Waals surface area contributed by atoms with Gasteiger partial charge in [-0.2, -0.15) is 0 Å². The van der Waals surface area contributed by atoms with E-state index in [2.05, 4.69) is 10.3 Å². The third-order valence-corrected chi connectivity index (χ3v) is 4.12. The van der Waals surface area contributed by atoms with Gasteiger partial charge < -0.3 is 14.5 Å². The molecule has 0 radical (unpaired) electrons. The number of rotatable bonds is 4. The van der Waals surface area contributed by atoms with E-state index in [4.69, 9.17) is 32.4 Å². The summed E-state index contributed by atoms with van der Waals surface area (Å²) < 4.78 is 25.0. The standard InChI is InChI=1S/C14H13Cl2FN2O2/c15-9-1-2-10(11(16)12(9)17)21-13(8-3-4-18-7-8)14-19-5-6-20-14/h1-2,5-6,8,13,18H,3-4,7H2/t8-,13?/m0/s1. The molecule has 1 aliphatic heterocycles. The lowest BCUT2D eigenvalue weighted by molar-refractivity contribution is 0.114. The highest BCUT2D eigenvalue weighted by Crippen LogP contribution is 2.37. The molecule has 1 aromatic carbocycles. The Morgan fingerprint density at radius 3 is 2.95 bits per heavy atom. The zero-order chi connectivity index (χ0) is 14.8. The van der Waals surface area contributed by atoms with Crippen LogP contribution in [0.2, 0.25) is 10.0 Å². The summed E-state index contributed by atoms with van der Waals surface area (Å²) in [5.41, 5.74) is 0. The Kier molecular flexibility index (Phi) is 4.33. The highest BCUT2D eigenvalue weighted by atomic mass is 35.5. The van der Waals surface area contributed by atoms with E-state index in [1.54, 1.807) is 12.3 Å². The summed E-state index contributed by atoms with van der Waals surface area (Å²) in [6.07, 6.45) is 3.53. The SMILES string of the molecule is Fc1c(Cl)ccc(OC(c2ncco2)[C@H]2CCNC2)c1Cl. The van der Waals surface area contributed by atoms with Gasteiger partial charge in [0, 0.05) is 12.5 Å². The maximum absolute atomic E-state index is 13.8. The third kappa shape index (κ3) is 3.00. The predicted molar refractivity (Wildman–Crippen MR) is 77.3 cm³/mol. The first kappa shape index (κ1) is 14.6. The minimum Gasteiger partial charge on any atom is -0.479 e. The Morgan fingerprint density at radius 2 is 2.29 bits per heavy atom. The Labute approximate surface area is 131 Å². The average molecular weight is 331 g/mol. The molecule has 2 aromatic rings. The highest BCUT2D eigenvalue weighted by molar-refractivity contribution is 6.35. The summed E-state index contributed by atoms with van der Waals surface area (Å²) in [5.74, 6) is 0.175. The van der Waals surface area contributed by atoms with Gasteiger partial charge in [0.1, 0.15) is 17.0 Å². The van der Waals surface area contributed by atoms with Crippen LogP contribution in [0.25, 0.3) is 0 Å². The first-order valence-electron chi connectivity index (χ1n) is 6.57. The van der Waals surface area contributed by atoms with Crippen molar-refractivity contribution >= 4 is 23.2 Å². The van der Waals surface area contributed by atoms with E-state index in [0.717, 1.165) is 19.5 Å². The molecule has 3 rings (SSSR count). The fourth-order valence-electron chi connectivity index (χ4n) is 2.39. The van der Waals surface area contributed by atoms with Crippen LogP contribution in [0, 0.1) is 11.7 Å². The van der Waals surface area contributed by atoms with Gasteiger partial charge in [-0.1, -0.05) is 23.2 Å². The minimum absolute atomic E-state index is 0.0393. The normalized spacial score (nSPS) is 19.7. The first-order chi connectivity index (χ1) is 10.2. The zero-order valence-corrected chi connectivity index (χ0v) is 12.5. The van der Waals surface area contributed by atoms with Crippen molar-refractivity contribution in [2.24, 2.45) is 5.92 Å². The number of nitrogens with zero attached hydrogens (tertiary/aromatic N) is 1. The Balaban J connectivity index is 1.90. The quantitative estimate of drug-likeness (QED) is 0.865. The minimum atomic E-state index is -0.688. The van der Waals surface area contributed by atoms with Crippen molar-refractivity contribution in [1.29, 1.82) is 0 Å². The van der Waals surface area contributed by atoms with Crippen molar-refractivity contribution in [1.82, 2.24) is 10.3 Å². The molecule has 1 fully saturated rings. The van der Waals surface area contributed by atoms with Crippen LogP contribution in [0.5, 0.6) is 5.75 Å². The van der Waals surface area contributed by atoms with Crippen LogP contribution in [0.4, 0.5) is 4.39 Å². The first-order valence-corrected chi connectivity index (χ1v) is 7.32. The van der Waals surface area contributed by atoms with Gasteiger partial charge in [0.2, 0.25) is 5.89 Å². The lowest BCUT2D eigenvalue weighted by atomic mass is 10.0. The van der Waals surface area contributed by atoms with E-state index >= 15 is 0 Å². The van der Waals surface area contributed by atoms with Crippen molar-refractivity contribution in [3.8, 4) is 5.75 Å². The van der Waals surface area contributed by atoms with E-state index in [1.807, 2.05) is 0 Å². The smallest absolute Gasteiger partial charge is 0.235 e. The number of oxazole rings is 1. The fraction of sp³-hybridized carbons (Fsp3) is 0.357. The van der Waals surface area contributed by atoms with Crippen molar-refractivity contribution < 1.29 is 13.5 Å². The van der Waals surface area contributed by atoms with Gasteiger partial charge in [-0.05, 0) is 25.1 Å². The van der Waals surface area contributed by atoms with Gasteiger partial charge in [-0.15, -0.1) is 0 Å². The molecule has 1 N–H and O–H groups in total. The van der Waals surface area contributed by atoms with Crippen LogP contribution in [0.3, 0.4) is 0 Å². The van der Waals surface area contributed by atoms with Gasteiger partial charge in [-0.25, -0.2) is 9.37 Å². The predicted octanol–water partition coefficient (Wildman–Crippen LogP) is 3.85. The Morgan fingerprint density at radius 1 is 1.43 bits per heavy atom. The summed E-state index contributed by atoms with van der Waals surface area (Å²) in [4.78, 5) is 4.14. The highest BCUT2D eigenvalue weighted by Gasteiger charge is 2.32. The van der Waals surface area contributed by atoms with Crippen LogP contribution < -0.4 is 10.1 Å². The number of aromatic nitrogens is 1. The van der Waals surface area contributed by atoms with E-state index in [1.165, 1.54) is 12.3 Å².